The van der Waals surface area contributed by atoms with Crippen molar-refractivity contribution in [1.82, 2.24) is 9.97 Å². The van der Waals surface area contributed by atoms with Crippen molar-refractivity contribution in [2.75, 3.05) is 5.32 Å². The second kappa shape index (κ2) is 5.33. The Balaban J connectivity index is 2.13. The van der Waals surface area contributed by atoms with Gasteiger partial charge >= 0.3 is 0 Å². The summed E-state index contributed by atoms with van der Waals surface area (Å²) < 4.78 is 0. The molecule has 0 atom stereocenters. The van der Waals surface area contributed by atoms with Crippen LogP contribution < -0.4 is 5.32 Å². The van der Waals surface area contributed by atoms with Gasteiger partial charge in [-0.3, -0.25) is 0 Å². The van der Waals surface area contributed by atoms with Gasteiger partial charge < -0.3 is 10.4 Å². The van der Waals surface area contributed by atoms with Crippen molar-refractivity contribution < 1.29 is 5.11 Å². The van der Waals surface area contributed by atoms with Crippen molar-refractivity contribution in [2.45, 2.75) is 27.2 Å². The summed E-state index contributed by atoms with van der Waals surface area (Å²) in [5.41, 5.74) is 2.12. The Morgan fingerprint density at radius 3 is 2.52 bits per heavy atom. The second-order valence-corrected chi connectivity index (χ2v) is 6.18. The van der Waals surface area contributed by atoms with E-state index >= 15 is 0 Å². The van der Waals surface area contributed by atoms with Gasteiger partial charge in [-0.15, -0.1) is 11.3 Å². The summed E-state index contributed by atoms with van der Waals surface area (Å²) in [7, 11) is 0. The Morgan fingerprint density at radius 2 is 1.86 bits per heavy atom. The molecule has 2 aromatic heterocycles. The Bertz CT molecular complexity index is 793. The molecule has 3 aromatic rings. The van der Waals surface area contributed by atoms with E-state index in [4.69, 9.17) is 0 Å². The van der Waals surface area contributed by atoms with E-state index in [0.29, 0.717) is 0 Å². The number of phenols is 1. The Hall–Kier alpha value is -2.14. The van der Waals surface area contributed by atoms with E-state index in [9.17, 15) is 5.11 Å². The van der Waals surface area contributed by atoms with Crippen LogP contribution in [0.4, 0.5) is 11.5 Å². The van der Waals surface area contributed by atoms with Crippen molar-refractivity contribution in [3.05, 3.63) is 40.5 Å². The maximum Gasteiger partial charge on any atom is 0.143 e. The number of thiophene rings is 1. The number of hydrogen-bond donors (Lipinski definition) is 2. The molecule has 0 saturated heterocycles. The standard InChI is InChI=1S/C16H17N3OS/c1-4-13-18-15(17-11-5-7-12(20)8-6-11)14-9(2)10(3)21-16(14)19-13/h5-8,20H,4H2,1-3H3,(H,17,18,19). The third-order valence-electron chi connectivity index (χ3n) is 3.52. The minimum atomic E-state index is 0.255. The second-order valence-electron chi connectivity index (χ2n) is 4.98. The predicted molar refractivity (Wildman–Crippen MR) is 87.7 cm³/mol. The molecule has 0 saturated carbocycles. The lowest BCUT2D eigenvalue weighted by Gasteiger charge is -2.09. The van der Waals surface area contributed by atoms with Crippen LogP contribution in [-0.2, 0) is 6.42 Å². The van der Waals surface area contributed by atoms with Crippen LogP contribution in [0.25, 0.3) is 10.2 Å². The lowest BCUT2D eigenvalue weighted by molar-refractivity contribution is 0.475. The Kier molecular flexibility index (Phi) is 3.51. The van der Waals surface area contributed by atoms with Gasteiger partial charge in [-0.1, -0.05) is 6.92 Å². The van der Waals surface area contributed by atoms with Gasteiger partial charge in [0.25, 0.3) is 0 Å². The first-order chi connectivity index (χ1) is 10.1. The molecule has 0 bridgehead atoms. The summed E-state index contributed by atoms with van der Waals surface area (Å²) in [5.74, 6) is 1.93. The van der Waals surface area contributed by atoms with Crippen LogP contribution in [-0.4, -0.2) is 15.1 Å². The molecule has 5 heteroatoms. The number of benzene rings is 1. The van der Waals surface area contributed by atoms with Gasteiger partial charge in [0.1, 0.15) is 22.2 Å². The predicted octanol–water partition coefficient (Wildman–Crippen LogP) is 4.32. The number of hydrogen-bond acceptors (Lipinski definition) is 5. The molecule has 108 valence electrons. The first-order valence-electron chi connectivity index (χ1n) is 6.91. The fraction of sp³-hybridized carbons (Fsp3) is 0.250. The number of nitrogens with zero attached hydrogens (tertiary/aromatic N) is 2. The number of aromatic hydroxyl groups is 1. The maximum absolute atomic E-state index is 9.37. The third-order valence-corrected chi connectivity index (χ3v) is 4.62. The smallest absolute Gasteiger partial charge is 0.143 e. The number of aromatic nitrogens is 2. The maximum atomic E-state index is 9.37. The number of fused-ring (bicyclic) bond motifs is 1. The first kappa shape index (κ1) is 13.8. The molecule has 4 nitrogen and oxygen atoms in total. The van der Waals surface area contributed by atoms with Gasteiger partial charge in [0, 0.05) is 17.0 Å². The quantitative estimate of drug-likeness (QED) is 0.707. The average molecular weight is 299 g/mol. The van der Waals surface area contributed by atoms with E-state index in [1.165, 1.54) is 10.4 Å². The summed E-state index contributed by atoms with van der Waals surface area (Å²) in [5, 5.41) is 13.8. The highest BCUT2D eigenvalue weighted by atomic mass is 32.1. The van der Waals surface area contributed by atoms with Gasteiger partial charge in [0.2, 0.25) is 0 Å². The van der Waals surface area contributed by atoms with E-state index in [-0.39, 0.29) is 5.75 Å². The van der Waals surface area contributed by atoms with Crippen LogP contribution in [0, 0.1) is 13.8 Å². The monoisotopic (exact) mass is 299 g/mol. The van der Waals surface area contributed by atoms with Gasteiger partial charge in [-0.25, -0.2) is 9.97 Å². The van der Waals surface area contributed by atoms with Crippen LogP contribution in [0.2, 0.25) is 0 Å². The number of anilines is 2. The average Bonchev–Trinajstić information content (AvgIpc) is 2.76. The van der Waals surface area contributed by atoms with E-state index in [1.54, 1.807) is 23.5 Å². The van der Waals surface area contributed by atoms with Crippen molar-refractivity contribution >= 4 is 33.1 Å². The molecule has 21 heavy (non-hydrogen) atoms. The lowest BCUT2D eigenvalue weighted by atomic mass is 10.2. The summed E-state index contributed by atoms with van der Waals surface area (Å²) in [4.78, 5) is 11.5. The fourth-order valence-electron chi connectivity index (χ4n) is 2.22. The van der Waals surface area contributed by atoms with Crippen molar-refractivity contribution in [3.8, 4) is 5.75 Å². The molecule has 0 aliphatic heterocycles. The summed E-state index contributed by atoms with van der Waals surface area (Å²) >= 11 is 1.70. The van der Waals surface area contributed by atoms with Crippen molar-refractivity contribution in [2.24, 2.45) is 0 Å². The molecule has 0 unspecified atom stereocenters. The number of aryl methyl sites for hydroxylation is 3. The summed E-state index contributed by atoms with van der Waals surface area (Å²) in [6.07, 6.45) is 0.802. The molecular weight excluding hydrogens is 282 g/mol. The Morgan fingerprint density at radius 1 is 1.14 bits per heavy atom. The van der Waals surface area contributed by atoms with E-state index in [0.717, 1.165) is 34.0 Å². The molecule has 3 rings (SSSR count). The minimum absolute atomic E-state index is 0.255. The number of rotatable bonds is 3. The summed E-state index contributed by atoms with van der Waals surface area (Å²) in [6, 6.07) is 6.99. The van der Waals surface area contributed by atoms with Crippen LogP contribution in [0.15, 0.2) is 24.3 Å². The number of nitrogens with one attached hydrogen (secondary N) is 1. The SMILES string of the molecule is CCc1nc(Nc2ccc(O)cc2)c2c(C)c(C)sc2n1. The molecule has 2 heterocycles. The van der Waals surface area contributed by atoms with Crippen LogP contribution >= 0.6 is 11.3 Å². The first-order valence-corrected chi connectivity index (χ1v) is 7.72. The van der Waals surface area contributed by atoms with E-state index < -0.39 is 0 Å². The largest absolute Gasteiger partial charge is 0.508 e. The van der Waals surface area contributed by atoms with Crippen molar-refractivity contribution in [3.63, 3.8) is 0 Å². The Labute approximate surface area is 127 Å². The zero-order valence-electron chi connectivity index (χ0n) is 12.3. The molecule has 0 aliphatic carbocycles. The van der Waals surface area contributed by atoms with Crippen LogP contribution in [0.3, 0.4) is 0 Å². The normalized spacial score (nSPS) is 11.0. The topological polar surface area (TPSA) is 58.0 Å². The molecule has 0 spiro atoms. The molecule has 0 fully saturated rings. The highest BCUT2D eigenvalue weighted by Crippen LogP contribution is 2.34. The van der Waals surface area contributed by atoms with Gasteiger partial charge in [0.05, 0.1) is 5.39 Å². The lowest BCUT2D eigenvalue weighted by Crippen LogP contribution is -2.00. The zero-order valence-corrected chi connectivity index (χ0v) is 13.1. The van der Waals surface area contributed by atoms with Crippen LogP contribution in [0.5, 0.6) is 5.75 Å². The molecule has 0 radical (unpaired) electrons. The molecule has 1 aromatic carbocycles. The molecule has 0 aliphatic rings. The van der Waals surface area contributed by atoms with E-state index in [1.807, 2.05) is 12.1 Å². The fourth-order valence-corrected chi connectivity index (χ4v) is 3.27. The highest BCUT2D eigenvalue weighted by Gasteiger charge is 2.14. The number of phenolic OH excluding ortho intramolecular Hbond substituents is 1. The van der Waals surface area contributed by atoms with Crippen molar-refractivity contribution in [1.29, 1.82) is 0 Å². The highest BCUT2D eigenvalue weighted by molar-refractivity contribution is 7.18. The van der Waals surface area contributed by atoms with E-state index in [2.05, 4.69) is 36.1 Å². The molecule has 2 N–H and O–H groups in total. The van der Waals surface area contributed by atoms with Gasteiger partial charge in [-0.2, -0.15) is 0 Å². The third kappa shape index (κ3) is 2.56. The minimum Gasteiger partial charge on any atom is -0.508 e. The zero-order chi connectivity index (χ0) is 15.0. The van der Waals surface area contributed by atoms with Gasteiger partial charge in [0.15, 0.2) is 0 Å². The molecular formula is C16H17N3OS. The molecule has 0 amide bonds. The van der Waals surface area contributed by atoms with Gasteiger partial charge in [-0.05, 0) is 43.7 Å². The summed E-state index contributed by atoms with van der Waals surface area (Å²) in [6.45, 7) is 6.27. The van der Waals surface area contributed by atoms with Crippen LogP contribution in [0.1, 0.15) is 23.2 Å².